The van der Waals surface area contributed by atoms with Crippen molar-refractivity contribution in [1.29, 1.82) is 0 Å². The van der Waals surface area contributed by atoms with Crippen molar-refractivity contribution < 1.29 is 29.3 Å². The van der Waals surface area contributed by atoms with E-state index in [-0.39, 0.29) is 24.7 Å². The molecule has 2 heterocycles. The fourth-order valence-corrected chi connectivity index (χ4v) is 2.32. The predicted molar refractivity (Wildman–Crippen MR) is 39.6 cm³/mol. The summed E-state index contributed by atoms with van der Waals surface area (Å²) in [6.45, 7) is 0. The third-order valence-electron chi connectivity index (χ3n) is 3.24. The third kappa shape index (κ3) is 0.737. The summed E-state index contributed by atoms with van der Waals surface area (Å²) in [5, 5.41) is 18.0. The Labute approximate surface area is 78.4 Å². The quantitative estimate of drug-likeness (QED) is 0.441. The Hall–Kier alpha value is -1.14. The Balaban J connectivity index is 1.99. The van der Waals surface area contributed by atoms with E-state index in [0.717, 1.165) is 0 Å². The third-order valence-corrected chi connectivity index (χ3v) is 3.24. The van der Waals surface area contributed by atoms with Gasteiger partial charge in [0.05, 0.1) is 6.10 Å². The molecule has 14 heavy (non-hydrogen) atoms. The standard InChI is InChI=1S/C8H8O6/c9-6(10)8(7(11)12)1-2-3(13-2)4-5(8)14-4/h2-5H,1H2,(H,9,10)(H,11,12). The Bertz CT molecular complexity index is 323. The molecule has 0 spiro atoms. The highest BCUT2D eigenvalue weighted by atomic mass is 16.7. The lowest BCUT2D eigenvalue weighted by atomic mass is 9.74. The van der Waals surface area contributed by atoms with Crippen LogP contribution in [-0.2, 0) is 19.1 Å². The Morgan fingerprint density at radius 1 is 1.14 bits per heavy atom. The first-order chi connectivity index (χ1) is 6.57. The van der Waals surface area contributed by atoms with Gasteiger partial charge in [-0.25, -0.2) is 0 Å². The minimum absolute atomic E-state index is 0.0174. The van der Waals surface area contributed by atoms with Crippen molar-refractivity contribution in [3.63, 3.8) is 0 Å². The number of carboxylic acid groups (broad SMARTS) is 2. The molecule has 6 nitrogen and oxygen atoms in total. The van der Waals surface area contributed by atoms with E-state index in [1.54, 1.807) is 0 Å². The molecule has 0 amide bonds. The lowest BCUT2D eigenvalue weighted by molar-refractivity contribution is -0.167. The molecular weight excluding hydrogens is 192 g/mol. The fraction of sp³-hybridized carbons (Fsp3) is 0.750. The molecule has 3 fully saturated rings. The van der Waals surface area contributed by atoms with Crippen LogP contribution in [0.1, 0.15) is 6.42 Å². The lowest BCUT2D eigenvalue weighted by Gasteiger charge is -2.23. The van der Waals surface area contributed by atoms with Crippen LogP contribution in [0.2, 0.25) is 0 Å². The summed E-state index contributed by atoms with van der Waals surface area (Å²) >= 11 is 0. The average Bonchev–Trinajstić information content (AvgIpc) is 2.94. The van der Waals surface area contributed by atoms with Gasteiger partial charge in [-0.2, -0.15) is 0 Å². The van der Waals surface area contributed by atoms with E-state index >= 15 is 0 Å². The topological polar surface area (TPSA) is 99.7 Å². The highest BCUT2D eigenvalue weighted by Crippen LogP contribution is 2.56. The monoisotopic (exact) mass is 200 g/mol. The summed E-state index contributed by atoms with van der Waals surface area (Å²) in [6.07, 6.45) is -1.32. The average molecular weight is 200 g/mol. The number of hydrogen-bond acceptors (Lipinski definition) is 4. The van der Waals surface area contributed by atoms with Gasteiger partial charge in [0.1, 0.15) is 18.3 Å². The van der Waals surface area contributed by atoms with Gasteiger partial charge in [-0.1, -0.05) is 0 Å². The molecule has 6 heteroatoms. The molecule has 2 saturated heterocycles. The van der Waals surface area contributed by atoms with Crippen LogP contribution in [0.15, 0.2) is 0 Å². The summed E-state index contributed by atoms with van der Waals surface area (Å²) in [4.78, 5) is 22.0. The van der Waals surface area contributed by atoms with Gasteiger partial charge < -0.3 is 19.7 Å². The van der Waals surface area contributed by atoms with Crippen LogP contribution in [0.25, 0.3) is 0 Å². The second-order valence-corrected chi connectivity index (χ2v) is 3.95. The number of carbonyl (C=O) groups is 2. The summed E-state index contributed by atoms with van der Waals surface area (Å²) in [5.74, 6) is -2.65. The van der Waals surface area contributed by atoms with Crippen LogP contribution in [0.3, 0.4) is 0 Å². The maximum Gasteiger partial charge on any atom is 0.323 e. The molecule has 3 rings (SSSR count). The van der Waals surface area contributed by atoms with Crippen LogP contribution in [0, 0.1) is 5.41 Å². The summed E-state index contributed by atoms with van der Waals surface area (Å²) in [5.41, 5.74) is -1.79. The molecule has 2 N–H and O–H groups in total. The molecule has 1 aliphatic carbocycles. The first-order valence-corrected chi connectivity index (χ1v) is 4.35. The van der Waals surface area contributed by atoms with Gasteiger partial charge in [-0.15, -0.1) is 0 Å². The molecule has 3 aliphatic rings. The van der Waals surface area contributed by atoms with Gasteiger partial charge in [0.2, 0.25) is 0 Å². The number of fused-ring (bicyclic) bond motifs is 3. The molecule has 0 bridgehead atoms. The highest BCUT2D eigenvalue weighted by molar-refractivity contribution is 6.00. The van der Waals surface area contributed by atoms with Crippen molar-refractivity contribution in [2.24, 2.45) is 5.41 Å². The van der Waals surface area contributed by atoms with Crippen LogP contribution < -0.4 is 0 Å². The molecule has 4 unspecified atom stereocenters. The number of hydrogen-bond donors (Lipinski definition) is 2. The van der Waals surface area contributed by atoms with Crippen molar-refractivity contribution in [3.05, 3.63) is 0 Å². The van der Waals surface area contributed by atoms with E-state index in [2.05, 4.69) is 0 Å². The predicted octanol–water partition coefficient (Wildman–Crippen LogP) is -0.919. The van der Waals surface area contributed by atoms with Crippen molar-refractivity contribution in [1.82, 2.24) is 0 Å². The van der Waals surface area contributed by atoms with Gasteiger partial charge in [-0.05, 0) is 0 Å². The normalized spacial score (nSPS) is 46.0. The van der Waals surface area contributed by atoms with E-state index in [1.165, 1.54) is 0 Å². The number of ether oxygens (including phenoxy) is 2. The minimum Gasteiger partial charge on any atom is -0.480 e. The van der Waals surface area contributed by atoms with E-state index in [9.17, 15) is 9.59 Å². The molecule has 0 aromatic heterocycles. The fourth-order valence-electron chi connectivity index (χ4n) is 2.32. The first kappa shape index (κ1) is 8.19. The molecule has 0 radical (unpaired) electrons. The van der Waals surface area contributed by atoms with Gasteiger partial charge in [0, 0.05) is 6.42 Å². The SMILES string of the molecule is O=C(O)C1(C(=O)O)CC2OC2C2OC21. The Kier molecular flexibility index (Phi) is 1.22. The van der Waals surface area contributed by atoms with E-state index in [0.29, 0.717) is 0 Å². The minimum atomic E-state index is -1.79. The zero-order valence-corrected chi connectivity index (χ0v) is 7.04. The van der Waals surface area contributed by atoms with E-state index < -0.39 is 23.5 Å². The van der Waals surface area contributed by atoms with Crippen molar-refractivity contribution >= 4 is 11.9 Å². The molecule has 0 aromatic rings. The number of rotatable bonds is 2. The van der Waals surface area contributed by atoms with E-state index in [4.69, 9.17) is 19.7 Å². The first-order valence-electron chi connectivity index (χ1n) is 4.35. The van der Waals surface area contributed by atoms with Gasteiger partial charge in [0.25, 0.3) is 0 Å². The van der Waals surface area contributed by atoms with Gasteiger partial charge >= 0.3 is 11.9 Å². The van der Waals surface area contributed by atoms with Crippen molar-refractivity contribution in [2.45, 2.75) is 30.8 Å². The molecule has 0 aromatic carbocycles. The zero-order chi connectivity index (χ0) is 10.1. The summed E-state index contributed by atoms with van der Waals surface area (Å²) in [6, 6.07) is 0. The summed E-state index contributed by atoms with van der Waals surface area (Å²) in [7, 11) is 0. The highest BCUT2D eigenvalue weighted by Gasteiger charge is 2.76. The van der Waals surface area contributed by atoms with Crippen molar-refractivity contribution in [3.8, 4) is 0 Å². The Morgan fingerprint density at radius 2 is 1.79 bits per heavy atom. The number of epoxide rings is 2. The van der Waals surface area contributed by atoms with Crippen LogP contribution in [0.4, 0.5) is 0 Å². The molecular formula is C8H8O6. The maximum atomic E-state index is 11.0. The molecule has 1 saturated carbocycles. The second kappa shape index (κ2) is 2.09. The van der Waals surface area contributed by atoms with Crippen molar-refractivity contribution in [2.75, 3.05) is 0 Å². The van der Waals surface area contributed by atoms with Crippen LogP contribution in [0.5, 0.6) is 0 Å². The van der Waals surface area contributed by atoms with Gasteiger partial charge in [-0.3, -0.25) is 9.59 Å². The molecule has 76 valence electrons. The zero-order valence-electron chi connectivity index (χ0n) is 7.04. The van der Waals surface area contributed by atoms with E-state index in [1.807, 2.05) is 0 Å². The van der Waals surface area contributed by atoms with Crippen LogP contribution >= 0.6 is 0 Å². The number of aliphatic carboxylic acids is 2. The van der Waals surface area contributed by atoms with Gasteiger partial charge in [0.15, 0.2) is 5.41 Å². The summed E-state index contributed by atoms with van der Waals surface area (Å²) < 4.78 is 10.2. The largest absolute Gasteiger partial charge is 0.480 e. The second-order valence-electron chi connectivity index (χ2n) is 3.95. The van der Waals surface area contributed by atoms with Crippen LogP contribution in [-0.4, -0.2) is 46.6 Å². The molecule has 4 atom stereocenters. The number of carboxylic acids is 2. The lowest BCUT2D eigenvalue weighted by Crippen LogP contribution is -2.48. The smallest absolute Gasteiger partial charge is 0.323 e. The maximum absolute atomic E-state index is 11.0. The Morgan fingerprint density at radius 3 is 2.36 bits per heavy atom. The molecule has 2 aliphatic heterocycles.